The van der Waals surface area contributed by atoms with Crippen LogP contribution in [0, 0.1) is 21.4 Å². The van der Waals surface area contributed by atoms with E-state index in [2.05, 4.69) is 0 Å². The summed E-state index contributed by atoms with van der Waals surface area (Å²) in [5, 5.41) is 20.0. The molecular formula is C13H12N2O5. The molecule has 0 aliphatic heterocycles. The molecule has 0 saturated carbocycles. The molecule has 0 amide bonds. The minimum Gasteiger partial charge on any atom is -0.490 e. The molecule has 0 aliphatic rings. The Balaban J connectivity index is 3.36. The van der Waals surface area contributed by atoms with E-state index in [1.165, 1.54) is 25.3 Å². The highest BCUT2D eigenvalue weighted by molar-refractivity contribution is 5.98. The summed E-state index contributed by atoms with van der Waals surface area (Å²) in [5.41, 5.74) is -0.533. The number of rotatable bonds is 5. The summed E-state index contributed by atoms with van der Waals surface area (Å²) in [4.78, 5) is 21.9. The molecule has 7 nitrogen and oxygen atoms in total. The van der Waals surface area contributed by atoms with E-state index in [9.17, 15) is 14.9 Å². The SMILES string of the molecule is CCOC(=O)C(C#N)=Cc1cccc(OC)c1[N+](=O)[O-]. The Kier molecular flexibility index (Phi) is 5.23. The van der Waals surface area contributed by atoms with Crippen molar-refractivity contribution in [1.29, 1.82) is 5.26 Å². The molecule has 0 fully saturated rings. The second-order valence-corrected chi connectivity index (χ2v) is 3.55. The molecule has 0 radical (unpaired) electrons. The minimum atomic E-state index is -0.827. The average molecular weight is 276 g/mol. The molecule has 20 heavy (non-hydrogen) atoms. The fourth-order valence-corrected chi connectivity index (χ4v) is 1.52. The van der Waals surface area contributed by atoms with E-state index >= 15 is 0 Å². The monoisotopic (exact) mass is 276 g/mol. The highest BCUT2D eigenvalue weighted by Crippen LogP contribution is 2.31. The normalized spacial score (nSPS) is 10.6. The zero-order chi connectivity index (χ0) is 15.1. The van der Waals surface area contributed by atoms with Gasteiger partial charge in [0.25, 0.3) is 0 Å². The van der Waals surface area contributed by atoms with Gasteiger partial charge in [-0.25, -0.2) is 4.79 Å². The maximum absolute atomic E-state index is 11.5. The molecular weight excluding hydrogens is 264 g/mol. The first-order valence-electron chi connectivity index (χ1n) is 5.65. The fraction of sp³-hybridized carbons (Fsp3) is 0.231. The second kappa shape index (κ2) is 6.89. The topological polar surface area (TPSA) is 102 Å². The van der Waals surface area contributed by atoms with Crippen molar-refractivity contribution in [2.45, 2.75) is 6.92 Å². The molecule has 0 atom stereocenters. The lowest BCUT2D eigenvalue weighted by molar-refractivity contribution is -0.386. The number of ether oxygens (including phenoxy) is 2. The Bertz CT molecular complexity index is 601. The molecule has 1 aromatic rings. The van der Waals surface area contributed by atoms with Crippen molar-refractivity contribution in [2.24, 2.45) is 0 Å². The molecule has 7 heteroatoms. The van der Waals surface area contributed by atoms with Gasteiger partial charge >= 0.3 is 11.7 Å². The number of nitro groups is 1. The Hall–Kier alpha value is -2.88. The number of carbonyl (C=O) groups excluding carboxylic acids is 1. The molecule has 0 heterocycles. The molecule has 0 saturated heterocycles. The van der Waals surface area contributed by atoms with Gasteiger partial charge in [0.1, 0.15) is 11.6 Å². The number of carbonyl (C=O) groups is 1. The van der Waals surface area contributed by atoms with Gasteiger partial charge in [0.05, 0.1) is 24.2 Å². The van der Waals surface area contributed by atoms with Crippen LogP contribution in [0.2, 0.25) is 0 Å². The van der Waals surface area contributed by atoms with Crippen molar-refractivity contribution in [2.75, 3.05) is 13.7 Å². The van der Waals surface area contributed by atoms with E-state index in [-0.39, 0.29) is 29.2 Å². The zero-order valence-corrected chi connectivity index (χ0v) is 11.0. The van der Waals surface area contributed by atoms with Crippen LogP contribution in [-0.2, 0) is 9.53 Å². The summed E-state index contributed by atoms with van der Waals surface area (Å²) < 4.78 is 9.59. The predicted octanol–water partition coefficient (Wildman–Crippen LogP) is 2.07. The van der Waals surface area contributed by atoms with E-state index in [0.717, 1.165) is 6.08 Å². The quantitative estimate of drug-likeness (QED) is 0.268. The predicted molar refractivity (Wildman–Crippen MR) is 69.9 cm³/mol. The molecule has 1 aromatic carbocycles. The van der Waals surface area contributed by atoms with Crippen molar-refractivity contribution in [1.82, 2.24) is 0 Å². The van der Waals surface area contributed by atoms with Crippen LogP contribution >= 0.6 is 0 Å². The Morgan fingerprint density at radius 3 is 2.75 bits per heavy atom. The van der Waals surface area contributed by atoms with E-state index in [4.69, 9.17) is 14.7 Å². The highest BCUT2D eigenvalue weighted by Gasteiger charge is 2.21. The van der Waals surface area contributed by atoms with Gasteiger partial charge in [0.15, 0.2) is 5.75 Å². The third kappa shape index (κ3) is 3.32. The van der Waals surface area contributed by atoms with Gasteiger partial charge in [0, 0.05) is 0 Å². The van der Waals surface area contributed by atoms with Gasteiger partial charge in [0.2, 0.25) is 0 Å². The molecule has 104 valence electrons. The van der Waals surface area contributed by atoms with Crippen molar-refractivity contribution < 1.29 is 19.2 Å². The van der Waals surface area contributed by atoms with Gasteiger partial charge in [-0.1, -0.05) is 6.07 Å². The van der Waals surface area contributed by atoms with Crippen LogP contribution in [0.1, 0.15) is 12.5 Å². The average Bonchev–Trinajstić information content (AvgIpc) is 2.44. The number of esters is 1. The Morgan fingerprint density at radius 2 is 2.25 bits per heavy atom. The fourth-order valence-electron chi connectivity index (χ4n) is 1.52. The summed E-state index contributed by atoms with van der Waals surface area (Å²) >= 11 is 0. The van der Waals surface area contributed by atoms with E-state index in [1.807, 2.05) is 0 Å². The lowest BCUT2D eigenvalue weighted by Crippen LogP contribution is -2.06. The van der Waals surface area contributed by atoms with Gasteiger partial charge < -0.3 is 9.47 Å². The summed E-state index contributed by atoms with van der Waals surface area (Å²) in [7, 11) is 1.30. The van der Waals surface area contributed by atoms with Crippen molar-refractivity contribution in [3.05, 3.63) is 39.4 Å². The molecule has 0 unspecified atom stereocenters. The molecule has 1 rings (SSSR count). The first-order chi connectivity index (χ1) is 9.54. The lowest BCUT2D eigenvalue weighted by Gasteiger charge is -2.04. The van der Waals surface area contributed by atoms with Crippen LogP contribution in [0.4, 0.5) is 5.69 Å². The van der Waals surface area contributed by atoms with Gasteiger partial charge in [-0.3, -0.25) is 10.1 Å². The number of para-hydroxylation sites is 1. The van der Waals surface area contributed by atoms with Crippen LogP contribution in [0.25, 0.3) is 6.08 Å². The molecule has 0 spiro atoms. The van der Waals surface area contributed by atoms with Gasteiger partial charge in [-0.2, -0.15) is 5.26 Å². The Labute approximate surface area is 115 Å². The maximum Gasteiger partial charge on any atom is 0.348 e. The van der Waals surface area contributed by atoms with Gasteiger partial charge in [-0.05, 0) is 25.1 Å². The van der Waals surface area contributed by atoms with Crippen LogP contribution in [0.5, 0.6) is 5.75 Å². The Morgan fingerprint density at radius 1 is 1.55 bits per heavy atom. The van der Waals surface area contributed by atoms with Crippen LogP contribution in [-0.4, -0.2) is 24.6 Å². The number of benzene rings is 1. The molecule has 0 aliphatic carbocycles. The summed E-state index contributed by atoms with van der Waals surface area (Å²) in [6.07, 6.45) is 1.11. The largest absolute Gasteiger partial charge is 0.490 e. The smallest absolute Gasteiger partial charge is 0.348 e. The summed E-state index contributed by atoms with van der Waals surface area (Å²) in [6, 6.07) is 6.02. The van der Waals surface area contributed by atoms with Crippen molar-refractivity contribution >= 4 is 17.7 Å². The molecule has 0 aromatic heterocycles. The number of nitro benzene ring substituents is 1. The first-order valence-corrected chi connectivity index (χ1v) is 5.65. The van der Waals surface area contributed by atoms with Crippen LogP contribution < -0.4 is 4.74 Å². The molecule has 0 bridgehead atoms. The zero-order valence-electron chi connectivity index (χ0n) is 11.0. The minimum absolute atomic E-state index is 0.0462. The third-order valence-corrected chi connectivity index (χ3v) is 2.35. The molecule has 0 N–H and O–H groups in total. The summed E-state index contributed by atoms with van der Waals surface area (Å²) in [5.74, 6) is -0.781. The summed E-state index contributed by atoms with van der Waals surface area (Å²) in [6.45, 7) is 1.71. The number of hydrogen-bond acceptors (Lipinski definition) is 6. The van der Waals surface area contributed by atoms with Crippen LogP contribution in [0.15, 0.2) is 23.8 Å². The first kappa shape index (κ1) is 15.2. The third-order valence-electron chi connectivity index (χ3n) is 2.35. The van der Waals surface area contributed by atoms with E-state index < -0.39 is 10.9 Å². The van der Waals surface area contributed by atoms with Crippen LogP contribution in [0.3, 0.4) is 0 Å². The van der Waals surface area contributed by atoms with E-state index in [0.29, 0.717) is 0 Å². The van der Waals surface area contributed by atoms with Crippen molar-refractivity contribution in [3.8, 4) is 11.8 Å². The number of hydrogen-bond donors (Lipinski definition) is 0. The van der Waals surface area contributed by atoms with Crippen molar-refractivity contribution in [3.63, 3.8) is 0 Å². The maximum atomic E-state index is 11.5. The standard InChI is InChI=1S/C13H12N2O5/c1-3-20-13(16)10(8-14)7-9-5-4-6-11(19-2)12(9)15(17)18/h4-7H,3H2,1-2H3. The lowest BCUT2D eigenvalue weighted by atomic mass is 10.1. The number of nitrogens with zero attached hydrogens (tertiary/aromatic N) is 2. The number of methoxy groups -OCH3 is 1. The van der Waals surface area contributed by atoms with E-state index in [1.54, 1.807) is 13.0 Å². The van der Waals surface area contributed by atoms with Gasteiger partial charge in [-0.15, -0.1) is 0 Å². The second-order valence-electron chi connectivity index (χ2n) is 3.55. The highest BCUT2D eigenvalue weighted by atomic mass is 16.6. The number of nitriles is 1.